The number of ether oxygens (including phenoxy) is 1. The van der Waals surface area contributed by atoms with E-state index in [1.54, 1.807) is 23.1 Å². The summed E-state index contributed by atoms with van der Waals surface area (Å²) in [7, 11) is 0. The molecule has 1 fully saturated rings. The molecule has 13 heteroatoms. The number of aldehydes is 1. The summed E-state index contributed by atoms with van der Waals surface area (Å²) in [6.45, 7) is 1.03. The molecule has 2 aliphatic heterocycles. The molecule has 4 heterocycles. The second-order valence-corrected chi connectivity index (χ2v) is 10.6. The summed E-state index contributed by atoms with van der Waals surface area (Å²) >= 11 is 14.2. The first kappa shape index (κ1) is 26.9. The summed E-state index contributed by atoms with van der Waals surface area (Å²) in [6, 6.07) is 8.64. The third-order valence-corrected chi connectivity index (χ3v) is 8.09. The smallest absolute Gasteiger partial charge is 0.433 e. The van der Waals surface area contributed by atoms with Crippen LogP contribution in [-0.2, 0) is 15.8 Å². The molecule has 0 spiro atoms. The Hall–Kier alpha value is -2.73. The van der Waals surface area contributed by atoms with Crippen LogP contribution in [-0.4, -0.2) is 46.2 Å². The Morgan fingerprint density at radius 1 is 1.11 bits per heavy atom. The van der Waals surface area contributed by atoms with Gasteiger partial charge in [0.25, 0.3) is 0 Å². The topological polar surface area (TPSA) is 76.9 Å². The number of carbonyl (C=O) groups is 1. The maximum Gasteiger partial charge on any atom is 0.433 e. The van der Waals surface area contributed by atoms with Crippen molar-refractivity contribution in [3.8, 4) is 5.88 Å². The van der Waals surface area contributed by atoms with Crippen LogP contribution in [0, 0.1) is 0 Å². The normalized spacial score (nSPS) is 19.6. The number of rotatable bonds is 7. The Bertz CT molecular complexity index is 1330. The number of likely N-dealkylation sites (tertiary alicyclic amines) is 1. The summed E-state index contributed by atoms with van der Waals surface area (Å²) in [4.78, 5) is 27.4. The molecule has 200 valence electrons. The van der Waals surface area contributed by atoms with Crippen LogP contribution in [0.2, 0.25) is 10.0 Å². The zero-order chi connectivity index (χ0) is 26.9. The van der Waals surface area contributed by atoms with E-state index in [4.69, 9.17) is 37.8 Å². The molecule has 5 rings (SSSR count). The maximum atomic E-state index is 12.9. The van der Waals surface area contributed by atoms with E-state index >= 15 is 0 Å². The van der Waals surface area contributed by atoms with E-state index in [0.717, 1.165) is 16.8 Å². The molecule has 0 aliphatic carbocycles. The van der Waals surface area contributed by atoms with Crippen molar-refractivity contribution in [3.05, 3.63) is 73.8 Å². The predicted octanol–water partition coefficient (Wildman–Crippen LogP) is 6.51. The summed E-state index contributed by atoms with van der Waals surface area (Å²) in [5.74, 6) is -0.0831. The molecule has 0 amide bonds. The molecule has 38 heavy (non-hydrogen) atoms. The van der Waals surface area contributed by atoms with E-state index in [9.17, 15) is 18.0 Å². The van der Waals surface area contributed by atoms with Gasteiger partial charge in [0.05, 0.1) is 10.7 Å². The maximum absolute atomic E-state index is 12.9. The Balaban J connectivity index is 1.18. The van der Waals surface area contributed by atoms with E-state index in [0.29, 0.717) is 60.0 Å². The van der Waals surface area contributed by atoms with Gasteiger partial charge in [-0.3, -0.25) is 9.69 Å². The number of alkyl halides is 3. The fraction of sp³-hybridized carbons (Fsp3) is 0.360. The van der Waals surface area contributed by atoms with Crippen LogP contribution in [0.25, 0.3) is 0 Å². The quantitative estimate of drug-likeness (QED) is 0.294. The lowest BCUT2D eigenvalue weighted by molar-refractivity contribution is -0.141. The lowest BCUT2D eigenvalue weighted by Gasteiger charge is -2.34. The fourth-order valence-electron chi connectivity index (χ4n) is 4.46. The molecule has 2 atom stereocenters. The lowest BCUT2D eigenvalue weighted by atomic mass is 9.97. The van der Waals surface area contributed by atoms with E-state index in [2.05, 4.69) is 10.1 Å². The number of piperidine rings is 1. The Labute approximate surface area is 230 Å². The number of aromatic nitrogens is 2. The van der Waals surface area contributed by atoms with Crippen molar-refractivity contribution in [1.82, 2.24) is 14.9 Å². The minimum Gasteiger partial charge on any atom is -0.451 e. The van der Waals surface area contributed by atoms with Crippen molar-refractivity contribution >= 4 is 46.5 Å². The van der Waals surface area contributed by atoms with Gasteiger partial charge < -0.3 is 9.57 Å². The number of thiazole rings is 1. The van der Waals surface area contributed by atoms with Crippen molar-refractivity contribution < 1.29 is 27.5 Å². The molecule has 2 aliphatic rings. The summed E-state index contributed by atoms with van der Waals surface area (Å²) in [6.07, 6.45) is -3.53. The fourth-order valence-corrected chi connectivity index (χ4v) is 6.10. The van der Waals surface area contributed by atoms with E-state index in [1.807, 2.05) is 5.38 Å². The highest BCUT2D eigenvalue weighted by atomic mass is 35.5. The zero-order valence-electron chi connectivity index (χ0n) is 19.7. The molecule has 1 saturated heterocycles. The van der Waals surface area contributed by atoms with Gasteiger partial charge >= 0.3 is 6.18 Å². The summed E-state index contributed by atoms with van der Waals surface area (Å²) < 4.78 is 44.3. The van der Waals surface area contributed by atoms with Gasteiger partial charge in [-0.05, 0) is 31.0 Å². The Kier molecular flexibility index (Phi) is 7.90. The van der Waals surface area contributed by atoms with Gasteiger partial charge in [-0.2, -0.15) is 13.2 Å². The van der Waals surface area contributed by atoms with Crippen molar-refractivity contribution in [1.29, 1.82) is 0 Å². The van der Waals surface area contributed by atoms with Crippen molar-refractivity contribution in [2.24, 2.45) is 5.16 Å². The number of nitrogens with zero attached hydrogens (tertiary/aromatic N) is 4. The highest BCUT2D eigenvalue weighted by Crippen LogP contribution is 2.39. The van der Waals surface area contributed by atoms with Crippen molar-refractivity contribution in [2.45, 2.75) is 43.7 Å². The Morgan fingerprint density at radius 2 is 1.82 bits per heavy atom. The Morgan fingerprint density at radius 3 is 2.50 bits per heavy atom. The first-order valence-corrected chi connectivity index (χ1v) is 13.4. The lowest BCUT2D eigenvalue weighted by Crippen LogP contribution is -2.45. The monoisotopic (exact) mass is 584 g/mol. The van der Waals surface area contributed by atoms with Crippen molar-refractivity contribution in [3.63, 3.8) is 0 Å². The molecule has 0 N–H and O–H groups in total. The number of oxime groups is 1. The number of benzene rings is 1. The molecule has 1 unspecified atom stereocenters. The molecular formula is C25H21Cl2F3N4O3S. The van der Waals surface area contributed by atoms with Gasteiger partial charge in [0.15, 0.2) is 12.4 Å². The van der Waals surface area contributed by atoms with Gasteiger partial charge in [-0.25, -0.2) is 9.97 Å². The van der Waals surface area contributed by atoms with E-state index < -0.39 is 18.1 Å². The van der Waals surface area contributed by atoms with Gasteiger partial charge in [-0.1, -0.05) is 40.5 Å². The average Bonchev–Trinajstić information content (AvgIpc) is 3.57. The molecule has 0 saturated carbocycles. The molecule has 7 nitrogen and oxygen atoms in total. The molecule has 0 radical (unpaired) electrons. The average molecular weight is 585 g/mol. The molecule has 2 aromatic heterocycles. The van der Waals surface area contributed by atoms with Gasteiger partial charge in [0.1, 0.15) is 11.4 Å². The third kappa shape index (κ3) is 5.80. The van der Waals surface area contributed by atoms with Crippen molar-refractivity contribution in [2.75, 3.05) is 13.1 Å². The molecular weight excluding hydrogens is 564 g/mol. The second kappa shape index (κ2) is 11.2. The standard InChI is InChI=1S/C25H21Cl2F3N4O3S/c26-15-3-1-4-16(27)23(15)19-11-17(33-37-19)18-13-38-24(31-18)14-7-9-34(10-8-14)22(12-35)36-21-6-2-5-20(32-21)25(28,29)30/h1-6,12-14,19,22H,7-11H2/t19-,22?/m0/s1. The minimum absolute atomic E-state index is 0.167. The highest BCUT2D eigenvalue weighted by Gasteiger charge is 2.34. The van der Waals surface area contributed by atoms with Gasteiger partial charge in [-0.15, -0.1) is 11.3 Å². The molecule has 1 aromatic carbocycles. The number of hydrogen-bond donors (Lipinski definition) is 0. The number of halogens is 5. The minimum atomic E-state index is -4.60. The first-order valence-electron chi connectivity index (χ1n) is 11.8. The first-order chi connectivity index (χ1) is 18.2. The van der Waals surface area contributed by atoms with Crippen LogP contribution in [0.5, 0.6) is 5.88 Å². The van der Waals surface area contributed by atoms with Crippen LogP contribution in [0.3, 0.4) is 0 Å². The van der Waals surface area contributed by atoms with E-state index in [1.165, 1.54) is 23.5 Å². The van der Waals surface area contributed by atoms with Crippen LogP contribution >= 0.6 is 34.5 Å². The van der Waals surface area contributed by atoms with Crippen LogP contribution < -0.4 is 4.74 Å². The SMILES string of the molecule is O=CC(Oc1cccc(C(F)(F)F)n1)N1CCC(c2nc(C3=NO[C@H](c4c(Cl)cccc4Cl)C3)cs2)CC1. The predicted molar refractivity (Wildman–Crippen MR) is 137 cm³/mol. The summed E-state index contributed by atoms with van der Waals surface area (Å²) in [5, 5.41) is 8.15. The molecule has 3 aromatic rings. The zero-order valence-corrected chi connectivity index (χ0v) is 22.0. The number of carbonyl (C=O) groups excluding carboxylic acids is 1. The third-order valence-electron chi connectivity index (χ3n) is 6.42. The van der Waals surface area contributed by atoms with Crippen LogP contribution in [0.1, 0.15) is 53.2 Å². The summed E-state index contributed by atoms with van der Waals surface area (Å²) in [5.41, 5.74) is 1.08. The van der Waals surface area contributed by atoms with E-state index in [-0.39, 0.29) is 17.9 Å². The number of pyridine rings is 1. The second-order valence-electron chi connectivity index (χ2n) is 8.86. The van der Waals surface area contributed by atoms with Gasteiger partial charge in [0, 0.05) is 52.5 Å². The molecule has 0 bridgehead atoms. The highest BCUT2D eigenvalue weighted by molar-refractivity contribution is 7.10. The largest absolute Gasteiger partial charge is 0.451 e. The van der Waals surface area contributed by atoms with Gasteiger partial charge in [0.2, 0.25) is 12.1 Å². The van der Waals surface area contributed by atoms with Crippen LogP contribution in [0.15, 0.2) is 46.9 Å². The van der Waals surface area contributed by atoms with Crippen LogP contribution in [0.4, 0.5) is 13.2 Å². The number of hydrogen-bond acceptors (Lipinski definition) is 8.